The summed E-state index contributed by atoms with van der Waals surface area (Å²) < 4.78 is 11.1. The van der Waals surface area contributed by atoms with Crippen molar-refractivity contribution in [3.63, 3.8) is 0 Å². The molecule has 0 aliphatic rings. The Kier molecular flexibility index (Phi) is 7.86. The third-order valence-electron chi connectivity index (χ3n) is 5.01. The van der Waals surface area contributed by atoms with Crippen LogP contribution in [0, 0.1) is 0 Å². The maximum Gasteiger partial charge on any atom is 0.323 e. The number of benzene rings is 3. The van der Waals surface area contributed by atoms with Gasteiger partial charge >= 0.3 is 6.03 Å². The molecule has 3 aromatic carbocycles. The van der Waals surface area contributed by atoms with Gasteiger partial charge in [-0.05, 0) is 47.9 Å². The molecule has 0 aliphatic heterocycles. The van der Waals surface area contributed by atoms with E-state index in [1.807, 2.05) is 12.1 Å². The summed E-state index contributed by atoms with van der Waals surface area (Å²) in [5.41, 5.74) is 3.83. The molecule has 166 valence electrons. The molecule has 2 amide bonds. The van der Waals surface area contributed by atoms with Gasteiger partial charge in [-0.15, -0.1) is 0 Å². The van der Waals surface area contributed by atoms with E-state index >= 15 is 0 Å². The highest BCUT2D eigenvalue weighted by Gasteiger charge is 2.14. The van der Waals surface area contributed by atoms with Gasteiger partial charge in [0.05, 0.1) is 12.7 Å². The number of urea groups is 1. The molecule has 3 rings (SSSR count). The molecule has 6 nitrogen and oxygen atoms in total. The van der Waals surface area contributed by atoms with Gasteiger partial charge in [-0.1, -0.05) is 44.2 Å². The highest BCUT2D eigenvalue weighted by Crippen LogP contribution is 2.26. The van der Waals surface area contributed by atoms with Gasteiger partial charge < -0.3 is 20.1 Å². The molecule has 3 aromatic rings. The van der Waals surface area contributed by atoms with E-state index in [1.54, 1.807) is 56.5 Å². The SMILES string of the molecule is CCC(=O)c1cc(NC(=O)Nc2cccc(OC)c2)ccc1OCc1ccc(CC)cc1. The van der Waals surface area contributed by atoms with Crippen LogP contribution in [-0.4, -0.2) is 18.9 Å². The first kappa shape index (κ1) is 22.9. The van der Waals surface area contributed by atoms with E-state index in [4.69, 9.17) is 9.47 Å². The normalized spacial score (nSPS) is 10.3. The summed E-state index contributed by atoms with van der Waals surface area (Å²) in [6.07, 6.45) is 1.32. The second kappa shape index (κ2) is 11.0. The molecule has 0 fully saturated rings. The minimum atomic E-state index is -0.419. The van der Waals surface area contributed by atoms with Crippen LogP contribution in [0.2, 0.25) is 0 Å². The van der Waals surface area contributed by atoms with Crippen molar-refractivity contribution >= 4 is 23.2 Å². The van der Waals surface area contributed by atoms with E-state index in [-0.39, 0.29) is 5.78 Å². The van der Waals surface area contributed by atoms with Crippen molar-refractivity contribution in [3.05, 3.63) is 83.4 Å². The van der Waals surface area contributed by atoms with Crippen molar-refractivity contribution < 1.29 is 19.1 Å². The lowest BCUT2D eigenvalue weighted by atomic mass is 10.1. The van der Waals surface area contributed by atoms with Crippen LogP contribution in [0.1, 0.15) is 41.8 Å². The van der Waals surface area contributed by atoms with E-state index in [1.165, 1.54) is 5.56 Å². The molecule has 0 atom stereocenters. The molecule has 0 aliphatic carbocycles. The number of nitrogens with one attached hydrogen (secondary N) is 2. The number of Topliss-reactive ketones (excluding diaryl/α,β-unsaturated/α-hetero) is 1. The topological polar surface area (TPSA) is 76.7 Å². The maximum absolute atomic E-state index is 12.5. The summed E-state index contributed by atoms with van der Waals surface area (Å²) in [5.74, 6) is 1.08. The molecule has 0 saturated heterocycles. The fourth-order valence-corrected chi connectivity index (χ4v) is 3.17. The summed E-state index contributed by atoms with van der Waals surface area (Å²) in [7, 11) is 1.56. The maximum atomic E-state index is 12.5. The molecular weight excluding hydrogens is 404 g/mol. The monoisotopic (exact) mass is 432 g/mol. The van der Waals surface area contributed by atoms with Crippen molar-refractivity contribution in [2.24, 2.45) is 0 Å². The summed E-state index contributed by atoms with van der Waals surface area (Å²) in [4.78, 5) is 24.9. The highest BCUT2D eigenvalue weighted by molar-refractivity contribution is 6.03. The minimum Gasteiger partial charge on any atom is -0.497 e. The number of carbonyl (C=O) groups is 2. The molecule has 0 unspecified atom stereocenters. The van der Waals surface area contributed by atoms with Crippen molar-refractivity contribution in [1.29, 1.82) is 0 Å². The molecule has 0 bridgehead atoms. The largest absolute Gasteiger partial charge is 0.497 e. The molecule has 2 N–H and O–H groups in total. The van der Waals surface area contributed by atoms with Gasteiger partial charge in [0.1, 0.15) is 18.1 Å². The highest BCUT2D eigenvalue weighted by atomic mass is 16.5. The molecule has 0 heterocycles. The van der Waals surface area contributed by atoms with Crippen LogP contribution in [0.3, 0.4) is 0 Å². The minimum absolute atomic E-state index is 0.0572. The van der Waals surface area contributed by atoms with Gasteiger partial charge in [0, 0.05) is 23.9 Å². The number of ether oxygens (including phenoxy) is 2. The number of anilines is 2. The average Bonchev–Trinajstić information content (AvgIpc) is 2.83. The molecular formula is C26H28N2O4. The van der Waals surface area contributed by atoms with Crippen LogP contribution in [-0.2, 0) is 13.0 Å². The Hall–Kier alpha value is -3.80. The van der Waals surface area contributed by atoms with Crippen molar-refractivity contribution in [3.8, 4) is 11.5 Å². The van der Waals surface area contributed by atoms with Crippen molar-refractivity contribution in [2.75, 3.05) is 17.7 Å². The fourth-order valence-electron chi connectivity index (χ4n) is 3.17. The lowest BCUT2D eigenvalue weighted by molar-refractivity contribution is 0.0983. The van der Waals surface area contributed by atoms with Crippen molar-refractivity contribution in [2.45, 2.75) is 33.3 Å². The summed E-state index contributed by atoms with van der Waals surface area (Å²) >= 11 is 0. The van der Waals surface area contributed by atoms with Crippen LogP contribution in [0.5, 0.6) is 11.5 Å². The zero-order chi connectivity index (χ0) is 22.9. The number of ketones is 1. The number of hydrogen-bond donors (Lipinski definition) is 2. The van der Waals surface area contributed by atoms with Gasteiger partial charge in [-0.2, -0.15) is 0 Å². The zero-order valence-electron chi connectivity index (χ0n) is 18.6. The van der Waals surface area contributed by atoms with Gasteiger partial charge in [-0.25, -0.2) is 4.79 Å². The molecule has 0 aromatic heterocycles. The Balaban J connectivity index is 1.70. The van der Waals surface area contributed by atoms with Crippen LogP contribution < -0.4 is 20.1 Å². The third kappa shape index (κ3) is 6.11. The number of aryl methyl sites for hydroxylation is 1. The number of methoxy groups -OCH3 is 1. The average molecular weight is 433 g/mol. The van der Waals surface area contributed by atoms with Crippen LogP contribution in [0.25, 0.3) is 0 Å². The first-order valence-corrected chi connectivity index (χ1v) is 10.6. The quantitative estimate of drug-likeness (QED) is 0.402. The fraction of sp³-hybridized carbons (Fsp3) is 0.231. The van der Waals surface area contributed by atoms with Gasteiger partial charge in [0.15, 0.2) is 5.78 Å². The predicted octanol–water partition coefficient (Wildman–Crippen LogP) is 6.07. The van der Waals surface area contributed by atoms with Gasteiger partial charge in [-0.3, -0.25) is 4.79 Å². The lowest BCUT2D eigenvalue weighted by Crippen LogP contribution is -2.19. The van der Waals surface area contributed by atoms with Crippen LogP contribution in [0.15, 0.2) is 66.7 Å². The van der Waals surface area contributed by atoms with Crippen molar-refractivity contribution in [1.82, 2.24) is 0 Å². The lowest BCUT2D eigenvalue weighted by Gasteiger charge is -2.14. The van der Waals surface area contributed by atoms with E-state index < -0.39 is 6.03 Å². The van der Waals surface area contributed by atoms with E-state index in [0.717, 1.165) is 12.0 Å². The first-order valence-electron chi connectivity index (χ1n) is 10.6. The molecule has 0 radical (unpaired) electrons. The molecule has 0 spiro atoms. The Morgan fingerprint density at radius 2 is 1.53 bits per heavy atom. The van der Waals surface area contributed by atoms with E-state index in [9.17, 15) is 9.59 Å². The Bertz CT molecular complexity index is 1080. The van der Waals surface area contributed by atoms with Gasteiger partial charge in [0.2, 0.25) is 0 Å². The molecule has 6 heteroatoms. The van der Waals surface area contributed by atoms with E-state index in [0.29, 0.717) is 41.5 Å². The first-order chi connectivity index (χ1) is 15.5. The standard InChI is InChI=1S/C26H28N2O4/c1-4-18-9-11-19(12-10-18)17-32-25-14-13-21(16-23(25)24(29)5-2)28-26(30)27-20-7-6-8-22(15-20)31-3/h6-16H,4-5,17H2,1-3H3,(H2,27,28,30). The number of hydrogen-bond acceptors (Lipinski definition) is 4. The predicted molar refractivity (Wildman–Crippen MR) is 127 cm³/mol. The Labute approximate surface area is 188 Å². The Morgan fingerprint density at radius 1 is 0.844 bits per heavy atom. The van der Waals surface area contributed by atoms with Crippen LogP contribution >= 0.6 is 0 Å². The van der Waals surface area contributed by atoms with Crippen LogP contribution in [0.4, 0.5) is 16.2 Å². The smallest absolute Gasteiger partial charge is 0.323 e. The zero-order valence-corrected chi connectivity index (χ0v) is 18.6. The summed E-state index contributed by atoms with van der Waals surface area (Å²) in [6, 6.07) is 19.9. The molecule has 0 saturated carbocycles. The number of rotatable bonds is 9. The Morgan fingerprint density at radius 3 is 2.19 bits per heavy atom. The number of carbonyl (C=O) groups excluding carboxylic acids is 2. The molecule has 32 heavy (non-hydrogen) atoms. The van der Waals surface area contributed by atoms with Gasteiger partial charge in [0.25, 0.3) is 0 Å². The third-order valence-corrected chi connectivity index (χ3v) is 5.01. The summed E-state index contributed by atoms with van der Waals surface area (Å²) in [5, 5.41) is 5.51. The van der Waals surface area contributed by atoms with E-state index in [2.05, 4.69) is 29.7 Å². The summed E-state index contributed by atoms with van der Waals surface area (Å²) in [6.45, 7) is 4.27. The second-order valence-corrected chi connectivity index (χ2v) is 7.26. The number of amides is 2. The second-order valence-electron chi connectivity index (χ2n) is 7.26.